The normalized spacial score (nSPS) is 40.9. The van der Waals surface area contributed by atoms with Crippen LogP contribution in [-0.2, 0) is 16.6 Å². The van der Waals surface area contributed by atoms with Gasteiger partial charge in [-0.05, 0) is 74.0 Å². The topological polar surface area (TPSA) is 40.9 Å². The van der Waals surface area contributed by atoms with Crippen molar-refractivity contribution in [3.05, 3.63) is 40.5 Å². The minimum Gasteiger partial charge on any atom is -0.273 e. The number of allylic oxidation sites excluding steroid dienone is 1. The maximum Gasteiger partial charge on any atom is 0.245 e. The van der Waals surface area contributed by atoms with E-state index in [0.29, 0.717) is 11.8 Å². The van der Waals surface area contributed by atoms with Crippen LogP contribution in [0.2, 0.25) is 0 Å². The molecule has 1 aromatic carbocycles. The van der Waals surface area contributed by atoms with Crippen molar-refractivity contribution in [2.45, 2.75) is 50.9 Å². The Hall–Kier alpha value is -1.57. The standard InChI is InChI=1S/C20H22NO/c1-12-9-13-3-2-4-17(16(13)10-12)19-7-8-20(19,18(21)22)15-6-5-14(19)11-15/h2-4,10,14-15,21H,5-9,11H2,1H3. The van der Waals surface area contributed by atoms with Gasteiger partial charge in [0, 0.05) is 5.41 Å². The number of amides is 1. The van der Waals surface area contributed by atoms with Crippen molar-refractivity contribution in [1.29, 1.82) is 0 Å². The number of hydrogen-bond acceptors (Lipinski definition) is 1. The van der Waals surface area contributed by atoms with Crippen LogP contribution in [0.15, 0.2) is 23.8 Å². The van der Waals surface area contributed by atoms with Gasteiger partial charge in [-0.3, -0.25) is 10.5 Å². The number of carbonyl (C=O) groups is 1. The van der Waals surface area contributed by atoms with Gasteiger partial charge in [-0.2, -0.15) is 0 Å². The molecule has 0 aliphatic heterocycles. The molecule has 4 aliphatic rings. The van der Waals surface area contributed by atoms with Crippen molar-refractivity contribution in [1.82, 2.24) is 5.73 Å². The van der Waals surface area contributed by atoms with E-state index in [0.717, 1.165) is 19.3 Å². The molecule has 3 fully saturated rings. The lowest BCUT2D eigenvalue weighted by molar-refractivity contribution is -0.150. The van der Waals surface area contributed by atoms with Gasteiger partial charge in [-0.1, -0.05) is 29.8 Å². The molecule has 22 heavy (non-hydrogen) atoms. The van der Waals surface area contributed by atoms with Crippen molar-refractivity contribution in [2.75, 3.05) is 0 Å². The van der Waals surface area contributed by atoms with Gasteiger partial charge >= 0.3 is 0 Å². The Morgan fingerprint density at radius 1 is 1.23 bits per heavy atom. The van der Waals surface area contributed by atoms with E-state index in [1.165, 1.54) is 41.5 Å². The Bertz CT molecular complexity index is 733. The molecular formula is C20H22NO. The van der Waals surface area contributed by atoms with Crippen LogP contribution in [-0.4, -0.2) is 5.91 Å². The van der Waals surface area contributed by atoms with Crippen molar-refractivity contribution in [2.24, 2.45) is 17.3 Å². The summed E-state index contributed by atoms with van der Waals surface area (Å²) in [5, 5.41) is 0. The van der Waals surface area contributed by atoms with Gasteiger partial charge in [0.15, 0.2) is 0 Å². The fraction of sp³-hybridized carbons (Fsp3) is 0.550. The summed E-state index contributed by atoms with van der Waals surface area (Å²) < 4.78 is 0. The van der Waals surface area contributed by atoms with Gasteiger partial charge in [0.05, 0.1) is 5.41 Å². The molecule has 1 aromatic rings. The Labute approximate surface area is 131 Å². The van der Waals surface area contributed by atoms with Crippen LogP contribution in [0, 0.1) is 17.3 Å². The summed E-state index contributed by atoms with van der Waals surface area (Å²) in [6, 6.07) is 6.68. The minimum absolute atomic E-state index is 0.0127. The molecule has 113 valence electrons. The van der Waals surface area contributed by atoms with E-state index >= 15 is 0 Å². The van der Waals surface area contributed by atoms with Crippen molar-refractivity contribution in [3.8, 4) is 0 Å². The average molecular weight is 292 g/mol. The third-order valence-corrected chi connectivity index (χ3v) is 7.48. The first-order valence-corrected chi connectivity index (χ1v) is 8.65. The second-order valence-corrected chi connectivity index (χ2v) is 8.02. The van der Waals surface area contributed by atoms with Crippen LogP contribution in [0.3, 0.4) is 0 Å². The van der Waals surface area contributed by atoms with Crippen LogP contribution in [0.25, 0.3) is 6.08 Å². The van der Waals surface area contributed by atoms with Gasteiger partial charge < -0.3 is 0 Å². The zero-order chi connectivity index (χ0) is 15.1. The molecular weight excluding hydrogens is 270 g/mol. The Kier molecular flexibility index (Phi) is 2.26. The molecule has 0 spiro atoms. The van der Waals surface area contributed by atoms with Crippen molar-refractivity contribution >= 4 is 12.0 Å². The molecule has 3 saturated carbocycles. The largest absolute Gasteiger partial charge is 0.273 e. The molecule has 2 nitrogen and oxygen atoms in total. The zero-order valence-corrected chi connectivity index (χ0v) is 13.1. The highest BCUT2D eigenvalue weighted by molar-refractivity contribution is 5.86. The first-order valence-electron chi connectivity index (χ1n) is 8.65. The molecule has 1 radical (unpaired) electrons. The van der Waals surface area contributed by atoms with Crippen molar-refractivity contribution in [3.63, 3.8) is 0 Å². The zero-order valence-electron chi connectivity index (χ0n) is 13.1. The highest BCUT2D eigenvalue weighted by Gasteiger charge is 2.75. The number of benzene rings is 1. The predicted molar refractivity (Wildman–Crippen MR) is 86.1 cm³/mol. The summed E-state index contributed by atoms with van der Waals surface area (Å²) in [6.45, 7) is 2.20. The first-order chi connectivity index (χ1) is 10.6. The van der Waals surface area contributed by atoms with Gasteiger partial charge in [0.25, 0.3) is 0 Å². The maximum absolute atomic E-state index is 12.4. The minimum atomic E-state index is -0.352. The number of rotatable bonds is 2. The molecule has 4 unspecified atom stereocenters. The quantitative estimate of drug-likeness (QED) is 0.815. The molecule has 0 aromatic heterocycles. The second-order valence-electron chi connectivity index (χ2n) is 8.02. The fourth-order valence-corrected chi connectivity index (χ4v) is 6.70. The number of carbonyl (C=O) groups excluding carboxylic acids is 1. The van der Waals surface area contributed by atoms with Crippen LogP contribution in [0.1, 0.15) is 55.7 Å². The molecule has 4 atom stereocenters. The van der Waals surface area contributed by atoms with E-state index in [2.05, 4.69) is 31.2 Å². The van der Waals surface area contributed by atoms with Gasteiger partial charge in [0.2, 0.25) is 5.91 Å². The van der Waals surface area contributed by atoms with Crippen molar-refractivity contribution < 1.29 is 4.79 Å². The molecule has 2 bridgehead atoms. The summed E-state index contributed by atoms with van der Waals surface area (Å²) in [7, 11) is 0. The molecule has 5 rings (SSSR count). The Balaban J connectivity index is 1.76. The molecule has 4 aliphatic carbocycles. The number of hydrogen-bond donors (Lipinski definition) is 0. The summed E-state index contributed by atoms with van der Waals surface area (Å²) >= 11 is 0. The lowest BCUT2D eigenvalue weighted by atomic mass is 9.41. The van der Waals surface area contributed by atoms with E-state index < -0.39 is 0 Å². The monoisotopic (exact) mass is 292 g/mol. The second kappa shape index (κ2) is 3.84. The lowest BCUT2D eigenvalue weighted by Gasteiger charge is -2.60. The molecule has 1 amide bonds. The van der Waals surface area contributed by atoms with E-state index in [1.807, 2.05) is 0 Å². The van der Waals surface area contributed by atoms with Crippen LogP contribution in [0.4, 0.5) is 0 Å². The van der Waals surface area contributed by atoms with Gasteiger partial charge in [-0.15, -0.1) is 0 Å². The van der Waals surface area contributed by atoms with Crippen LogP contribution >= 0.6 is 0 Å². The van der Waals surface area contributed by atoms with E-state index in [1.54, 1.807) is 0 Å². The number of fused-ring (bicyclic) bond motifs is 6. The highest BCUT2D eigenvalue weighted by Crippen LogP contribution is 2.77. The van der Waals surface area contributed by atoms with E-state index in [9.17, 15) is 4.79 Å². The Morgan fingerprint density at radius 3 is 2.77 bits per heavy atom. The Morgan fingerprint density at radius 2 is 2.05 bits per heavy atom. The van der Waals surface area contributed by atoms with E-state index in [-0.39, 0.29) is 16.7 Å². The fourth-order valence-electron chi connectivity index (χ4n) is 6.70. The smallest absolute Gasteiger partial charge is 0.245 e. The summed E-state index contributed by atoms with van der Waals surface area (Å²) in [4.78, 5) is 12.4. The highest BCUT2D eigenvalue weighted by atomic mass is 16.1. The summed E-state index contributed by atoms with van der Waals surface area (Å²) in [6.07, 6.45) is 9.05. The summed E-state index contributed by atoms with van der Waals surface area (Å²) in [5.74, 6) is 0.821. The van der Waals surface area contributed by atoms with Crippen LogP contribution in [0.5, 0.6) is 0 Å². The SMILES string of the molecule is CC1=Cc2c(cccc2C23CCC2(C([NH])=O)C2CCC3C2)C1. The van der Waals surface area contributed by atoms with Gasteiger partial charge in [0.1, 0.15) is 0 Å². The number of nitrogens with one attached hydrogen (secondary N) is 1. The third kappa shape index (κ3) is 1.16. The van der Waals surface area contributed by atoms with Gasteiger partial charge in [-0.25, -0.2) is 0 Å². The lowest BCUT2D eigenvalue weighted by Crippen LogP contribution is -2.62. The predicted octanol–water partition coefficient (Wildman–Crippen LogP) is 3.90. The third-order valence-electron chi connectivity index (χ3n) is 7.48. The van der Waals surface area contributed by atoms with E-state index in [4.69, 9.17) is 5.73 Å². The molecule has 0 saturated heterocycles. The van der Waals surface area contributed by atoms with Crippen LogP contribution < -0.4 is 5.73 Å². The maximum atomic E-state index is 12.4. The summed E-state index contributed by atoms with van der Waals surface area (Å²) in [5.41, 5.74) is 13.3. The molecule has 1 N–H and O–H groups in total. The average Bonchev–Trinajstić information content (AvgIpc) is 3.08. The molecule has 2 heteroatoms. The molecule has 0 heterocycles. The first kappa shape index (κ1) is 12.9.